The van der Waals surface area contributed by atoms with E-state index in [1.165, 1.54) is 0 Å². The summed E-state index contributed by atoms with van der Waals surface area (Å²) in [4.78, 5) is 4.36. The van der Waals surface area contributed by atoms with Gasteiger partial charge < -0.3 is 14.2 Å². The molecule has 0 unspecified atom stereocenters. The molecule has 0 fully saturated rings. The minimum Gasteiger partial charge on any atom is -0.493 e. The number of pyridine rings is 1. The average molecular weight is 485 g/mol. The zero-order valence-electron chi connectivity index (χ0n) is 18.4. The maximum Gasteiger partial charge on any atom is 0.164 e. The highest BCUT2D eigenvalue weighted by Gasteiger charge is 2.11. The maximum absolute atomic E-state index is 9.51. The fourth-order valence-corrected chi connectivity index (χ4v) is 3.52. The molecule has 0 aliphatic rings. The van der Waals surface area contributed by atoms with Crippen molar-refractivity contribution >= 4 is 35.2 Å². The van der Waals surface area contributed by atoms with Gasteiger partial charge in [-0.2, -0.15) is 10.4 Å². The molecule has 1 N–H and O–H groups in total. The molecule has 0 aliphatic carbocycles. The lowest BCUT2D eigenvalue weighted by Crippen LogP contribution is -2.03. The van der Waals surface area contributed by atoms with Crippen LogP contribution < -0.4 is 14.9 Å². The molecule has 33 heavy (non-hydrogen) atoms. The van der Waals surface area contributed by atoms with Crippen molar-refractivity contribution in [3.8, 4) is 17.6 Å². The normalized spacial score (nSPS) is 10.8. The molecule has 0 bridgehead atoms. The third-order valence-electron chi connectivity index (χ3n) is 4.61. The zero-order chi connectivity index (χ0) is 23.8. The minimum absolute atomic E-state index is 0.265. The summed E-state index contributed by atoms with van der Waals surface area (Å²) in [6, 6.07) is 14.6. The largest absolute Gasteiger partial charge is 0.493 e. The summed E-state index contributed by atoms with van der Waals surface area (Å²) in [5.41, 5.74) is 6.31. The molecule has 7 nitrogen and oxygen atoms in total. The topological polar surface area (TPSA) is 88.8 Å². The first-order chi connectivity index (χ1) is 15.9. The number of aromatic nitrogens is 1. The van der Waals surface area contributed by atoms with Crippen LogP contribution in [0.15, 0.2) is 47.6 Å². The van der Waals surface area contributed by atoms with E-state index in [0.717, 1.165) is 22.4 Å². The predicted octanol–water partition coefficient (Wildman–Crippen LogP) is 5.75. The highest BCUT2D eigenvalue weighted by molar-refractivity contribution is 6.35. The molecular weight excluding hydrogens is 463 g/mol. The van der Waals surface area contributed by atoms with Crippen LogP contribution in [0.2, 0.25) is 10.0 Å². The molecule has 0 radical (unpaired) electrons. The third-order valence-corrected chi connectivity index (χ3v) is 5.20. The van der Waals surface area contributed by atoms with E-state index in [4.69, 9.17) is 37.4 Å². The molecule has 3 aromatic rings. The number of nitriles is 1. The monoisotopic (exact) mass is 484 g/mol. The van der Waals surface area contributed by atoms with Crippen molar-refractivity contribution in [2.45, 2.75) is 20.1 Å². The van der Waals surface area contributed by atoms with Gasteiger partial charge in [-0.3, -0.25) is 5.43 Å². The number of halogens is 2. The van der Waals surface area contributed by atoms with Crippen LogP contribution in [0.25, 0.3) is 0 Å². The Balaban J connectivity index is 1.73. The zero-order valence-corrected chi connectivity index (χ0v) is 19.9. The van der Waals surface area contributed by atoms with Gasteiger partial charge in [0, 0.05) is 34.0 Å². The Morgan fingerprint density at radius 1 is 1.06 bits per heavy atom. The number of methoxy groups -OCH3 is 2. The van der Waals surface area contributed by atoms with Crippen molar-refractivity contribution in [1.82, 2.24) is 4.98 Å². The first kappa shape index (κ1) is 24.3. The molecule has 0 saturated carbocycles. The quantitative estimate of drug-likeness (QED) is 0.307. The van der Waals surface area contributed by atoms with Crippen LogP contribution in [0.3, 0.4) is 0 Å². The van der Waals surface area contributed by atoms with Crippen molar-refractivity contribution in [2.24, 2.45) is 5.10 Å². The standard InChI is InChI=1S/C24H22Cl2N4O3/c1-15-8-18(13-31-2)20(11-27)24(29-15)30-28-12-16-4-7-22(23(9-16)32-3)33-14-17-5-6-19(25)10-21(17)26/h4-10,12H,13-14H2,1-3H3,(H,29,30). The molecule has 3 rings (SSSR count). The highest BCUT2D eigenvalue weighted by Crippen LogP contribution is 2.30. The Morgan fingerprint density at radius 2 is 1.88 bits per heavy atom. The molecule has 170 valence electrons. The van der Waals surface area contributed by atoms with E-state index < -0.39 is 0 Å². The van der Waals surface area contributed by atoms with Crippen LogP contribution in [0.5, 0.6) is 11.5 Å². The van der Waals surface area contributed by atoms with E-state index in [-0.39, 0.29) is 6.61 Å². The lowest BCUT2D eigenvalue weighted by atomic mass is 10.1. The number of hydrogen-bond acceptors (Lipinski definition) is 7. The smallest absolute Gasteiger partial charge is 0.164 e. The summed E-state index contributed by atoms with van der Waals surface area (Å²) in [7, 11) is 3.14. The fraction of sp³-hybridized carbons (Fsp3) is 0.208. The SMILES string of the molecule is COCc1cc(C)nc(NN=Cc2ccc(OCc3ccc(Cl)cc3Cl)c(OC)c2)c1C#N. The molecule has 0 saturated heterocycles. The number of nitrogens with one attached hydrogen (secondary N) is 1. The van der Waals surface area contributed by atoms with Crippen LogP contribution in [-0.2, 0) is 18.0 Å². The number of ether oxygens (including phenoxy) is 3. The van der Waals surface area contributed by atoms with Crippen LogP contribution in [-0.4, -0.2) is 25.4 Å². The van der Waals surface area contributed by atoms with Gasteiger partial charge in [0.25, 0.3) is 0 Å². The van der Waals surface area contributed by atoms with Gasteiger partial charge >= 0.3 is 0 Å². The molecule has 9 heteroatoms. The molecule has 1 heterocycles. The van der Waals surface area contributed by atoms with Gasteiger partial charge in [-0.05, 0) is 48.9 Å². The van der Waals surface area contributed by atoms with Crippen molar-refractivity contribution < 1.29 is 14.2 Å². The Labute approximate surface area is 202 Å². The number of anilines is 1. The van der Waals surface area contributed by atoms with Gasteiger partial charge in [0.05, 0.1) is 19.9 Å². The van der Waals surface area contributed by atoms with Crippen molar-refractivity contribution in [3.63, 3.8) is 0 Å². The lowest BCUT2D eigenvalue weighted by molar-refractivity contribution is 0.184. The van der Waals surface area contributed by atoms with Gasteiger partial charge in [-0.15, -0.1) is 0 Å². The minimum atomic E-state index is 0.265. The number of hydrazone groups is 1. The first-order valence-corrected chi connectivity index (χ1v) is 10.6. The fourth-order valence-electron chi connectivity index (χ4n) is 3.06. The molecule has 1 aromatic heterocycles. The van der Waals surface area contributed by atoms with E-state index in [1.54, 1.807) is 44.7 Å². The Kier molecular flexibility index (Phi) is 8.50. The van der Waals surface area contributed by atoms with Crippen molar-refractivity contribution in [1.29, 1.82) is 5.26 Å². The van der Waals surface area contributed by atoms with Gasteiger partial charge in [0.15, 0.2) is 17.3 Å². The molecular formula is C24H22Cl2N4O3. The van der Waals surface area contributed by atoms with Gasteiger partial charge in [0.1, 0.15) is 18.2 Å². The third kappa shape index (κ3) is 6.36. The van der Waals surface area contributed by atoms with E-state index in [2.05, 4.69) is 21.6 Å². The van der Waals surface area contributed by atoms with Gasteiger partial charge in [0.2, 0.25) is 0 Å². The summed E-state index contributed by atoms with van der Waals surface area (Å²) < 4.78 is 16.5. The Hall–Kier alpha value is -3.31. The molecule has 0 amide bonds. The molecule has 0 spiro atoms. The van der Waals surface area contributed by atoms with E-state index in [0.29, 0.717) is 39.5 Å². The van der Waals surface area contributed by atoms with Crippen molar-refractivity contribution in [2.75, 3.05) is 19.6 Å². The number of hydrogen-bond donors (Lipinski definition) is 1. The second-order valence-corrected chi connectivity index (χ2v) is 7.84. The average Bonchev–Trinajstić information content (AvgIpc) is 2.79. The van der Waals surface area contributed by atoms with Crippen LogP contribution in [0.1, 0.15) is 27.9 Å². The van der Waals surface area contributed by atoms with E-state index in [1.807, 2.05) is 25.1 Å². The highest BCUT2D eigenvalue weighted by atomic mass is 35.5. The number of rotatable bonds is 9. The summed E-state index contributed by atoms with van der Waals surface area (Å²) in [5, 5.41) is 14.8. The van der Waals surface area contributed by atoms with Gasteiger partial charge in [-0.1, -0.05) is 29.3 Å². The number of nitrogens with zero attached hydrogens (tertiary/aromatic N) is 3. The molecule has 0 aliphatic heterocycles. The molecule has 0 atom stereocenters. The second kappa shape index (κ2) is 11.5. The molecule has 2 aromatic carbocycles. The van der Waals surface area contributed by atoms with Crippen LogP contribution >= 0.6 is 23.2 Å². The Morgan fingerprint density at radius 3 is 2.58 bits per heavy atom. The number of aryl methyl sites for hydroxylation is 1. The Bertz CT molecular complexity index is 1210. The predicted molar refractivity (Wildman–Crippen MR) is 129 cm³/mol. The van der Waals surface area contributed by atoms with Crippen LogP contribution in [0.4, 0.5) is 5.82 Å². The van der Waals surface area contributed by atoms with Gasteiger partial charge in [-0.25, -0.2) is 4.98 Å². The summed E-state index contributed by atoms with van der Waals surface area (Å²) in [5.74, 6) is 1.47. The second-order valence-electron chi connectivity index (χ2n) is 7.00. The van der Waals surface area contributed by atoms with E-state index >= 15 is 0 Å². The van der Waals surface area contributed by atoms with Crippen molar-refractivity contribution in [3.05, 3.63) is 80.5 Å². The summed E-state index contributed by atoms with van der Waals surface area (Å²) >= 11 is 12.1. The lowest BCUT2D eigenvalue weighted by Gasteiger charge is -2.12. The first-order valence-electron chi connectivity index (χ1n) is 9.88. The maximum atomic E-state index is 9.51. The van der Waals surface area contributed by atoms with E-state index in [9.17, 15) is 5.26 Å². The van der Waals surface area contributed by atoms with Crippen LogP contribution in [0, 0.1) is 18.3 Å². The summed E-state index contributed by atoms with van der Waals surface area (Å²) in [6.45, 7) is 2.42. The number of benzene rings is 2. The summed E-state index contributed by atoms with van der Waals surface area (Å²) in [6.07, 6.45) is 1.60.